The standard InChI is InChI=1S/C16H25FN4/c1-12(2)20-5-7-21(8-6-20)16-13(9-14(17)11-19-16)10-18-15-3-4-15/h9,11-12,15,18H,3-8,10H2,1-2H3. The number of aromatic nitrogens is 1. The van der Waals surface area contributed by atoms with Gasteiger partial charge in [-0.1, -0.05) is 0 Å². The molecular weight excluding hydrogens is 267 g/mol. The average Bonchev–Trinajstić information content (AvgIpc) is 3.29. The predicted molar refractivity (Wildman–Crippen MR) is 83.0 cm³/mol. The van der Waals surface area contributed by atoms with Gasteiger partial charge in [-0.15, -0.1) is 0 Å². The molecule has 2 heterocycles. The summed E-state index contributed by atoms with van der Waals surface area (Å²) in [4.78, 5) is 9.13. The Balaban J connectivity index is 1.68. The summed E-state index contributed by atoms with van der Waals surface area (Å²) in [5, 5.41) is 3.46. The van der Waals surface area contributed by atoms with Crippen molar-refractivity contribution in [1.82, 2.24) is 15.2 Å². The van der Waals surface area contributed by atoms with Crippen molar-refractivity contribution in [3.63, 3.8) is 0 Å². The van der Waals surface area contributed by atoms with Gasteiger partial charge in [0.1, 0.15) is 11.6 Å². The van der Waals surface area contributed by atoms with Crippen LogP contribution in [0.2, 0.25) is 0 Å². The van der Waals surface area contributed by atoms with E-state index in [1.807, 2.05) is 0 Å². The Morgan fingerprint density at radius 3 is 2.62 bits per heavy atom. The van der Waals surface area contributed by atoms with E-state index in [1.165, 1.54) is 19.0 Å². The molecule has 5 heteroatoms. The van der Waals surface area contributed by atoms with Gasteiger partial charge in [0.25, 0.3) is 0 Å². The highest BCUT2D eigenvalue weighted by molar-refractivity contribution is 5.47. The molecule has 0 spiro atoms. The minimum absolute atomic E-state index is 0.243. The third-order valence-corrected chi connectivity index (χ3v) is 4.41. The van der Waals surface area contributed by atoms with Crippen LogP contribution in [-0.2, 0) is 6.54 Å². The second kappa shape index (κ2) is 6.28. The highest BCUT2D eigenvalue weighted by Crippen LogP contribution is 2.23. The Kier molecular flexibility index (Phi) is 4.40. The molecule has 1 aliphatic carbocycles. The summed E-state index contributed by atoms with van der Waals surface area (Å²) in [6.07, 6.45) is 3.82. The molecule has 2 fully saturated rings. The van der Waals surface area contributed by atoms with Gasteiger partial charge in [0, 0.05) is 50.4 Å². The van der Waals surface area contributed by atoms with E-state index in [1.54, 1.807) is 6.07 Å². The fraction of sp³-hybridized carbons (Fsp3) is 0.688. The van der Waals surface area contributed by atoms with Crippen molar-refractivity contribution in [2.45, 2.75) is 45.3 Å². The summed E-state index contributed by atoms with van der Waals surface area (Å²) in [5.74, 6) is 0.708. The maximum absolute atomic E-state index is 13.5. The van der Waals surface area contributed by atoms with E-state index < -0.39 is 0 Å². The molecule has 0 amide bonds. The van der Waals surface area contributed by atoms with Crippen LogP contribution in [0.5, 0.6) is 0 Å². The molecule has 4 nitrogen and oxygen atoms in total. The van der Waals surface area contributed by atoms with Crippen LogP contribution in [0.15, 0.2) is 12.3 Å². The molecule has 0 unspecified atom stereocenters. The highest BCUT2D eigenvalue weighted by atomic mass is 19.1. The Morgan fingerprint density at radius 1 is 1.29 bits per heavy atom. The van der Waals surface area contributed by atoms with Crippen molar-refractivity contribution in [2.24, 2.45) is 0 Å². The van der Waals surface area contributed by atoms with Gasteiger partial charge < -0.3 is 10.2 Å². The molecule has 1 aromatic heterocycles. The van der Waals surface area contributed by atoms with Gasteiger partial charge >= 0.3 is 0 Å². The lowest BCUT2D eigenvalue weighted by Crippen LogP contribution is -2.49. The number of pyridine rings is 1. The number of hydrogen-bond acceptors (Lipinski definition) is 4. The lowest BCUT2D eigenvalue weighted by molar-refractivity contribution is 0.209. The summed E-state index contributed by atoms with van der Waals surface area (Å²) >= 11 is 0. The van der Waals surface area contributed by atoms with Crippen LogP contribution >= 0.6 is 0 Å². The molecule has 0 bridgehead atoms. The van der Waals surface area contributed by atoms with Crippen LogP contribution in [0.3, 0.4) is 0 Å². The smallest absolute Gasteiger partial charge is 0.141 e. The predicted octanol–water partition coefficient (Wildman–Crippen LogP) is 2.00. The number of nitrogens with zero attached hydrogens (tertiary/aromatic N) is 3. The molecule has 2 aliphatic rings. The highest BCUT2D eigenvalue weighted by Gasteiger charge is 2.24. The van der Waals surface area contributed by atoms with Gasteiger partial charge in [-0.25, -0.2) is 9.37 Å². The molecule has 3 rings (SSSR count). The maximum Gasteiger partial charge on any atom is 0.141 e. The quantitative estimate of drug-likeness (QED) is 0.899. The lowest BCUT2D eigenvalue weighted by atomic mass is 10.2. The van der Waals surface area contributed by atoms with Crippen LogP contribution in [0.4, 0.5) is 10.2 Å². The minimum atomic E-state index is -0.243. The van der Waals surface area contributed by atoms with E-state index in [0.29, 0.717) is 12.1 Å². The fourth-order valence-corrected chi connectivity index (χ4v) is 2.88. The monoisotopic (exact) mass is 292 g/mol. The zero-order valence-electron chi connectivity index (χ0n) is 13.0. The first kappa shape index (κ1) is 14.7. The van der Waals surface area contributed by atoms with E-state index in [0.717, 1.165) is 44.1 Å². The Bertz CT molecular complexity index is 479. The third kappa shape index (κ3) is 3.71. The molecule has 1 N–H and O–H groups in total. The lowest BCUT2D eigenvalue weighted by Gasteiger charge is -2.38. The number of rotatable bonds is 5. The van der Waals surface area contributed by atoms with Crippen molar-refractivity contribution in [1.29, 1.82) is 0 Å². The van der Waals surface area contributed by atoms with Crippen molar-refractivity contribution in [3.05, 3.63) is 23.6 Å². The van der Waals surface area contributed by atoms with Gasteiger partial charge in [0.2, 0.25) is 0 Å². The van der Waals surface area contributed by atoms with E-state index in [9.17, 15) is 4.39 Å². The fourth-order valence-electron chi connectivity index (χ4n) is 2.88. The first-order valence-electron chi connectivity index (χ1n) is 8.00. The zero-order chi connectivity index (χ0) is 14.8. The molecule has 1 saturated heterocycles. The van der Waals surface area contributed by atoms with Gasteiger partial charge in [0.15, 0.2) is 0 Å². The maximum atomic E-state index is 13.5. The van der Waals surface area contributed by atoms with Crippen LogP contribution < -0.4 is 10.2 Å². The normalized spacial score (nSPS) is 20.3. The van der Waals surface area contributed by atoms with Crippen molar-refractivity contribution in [3.8, 4) is 0 Å². The number of halogens is 1. The number of nitrogens with one attached hydrogen (secondary N) is 1. The topological polar surface area (TPSA) is 31.4 Å². The van der Waals surface area contributed by atoms with E-state index in [-0.39, 0.29) is 5.82 Å². The van der Waals surface area contributed by atoms with Crippen molar-refractivity contribution < 1.29 is 4.39 Å². The molecular formula is C16H25FN4. The van der Waals surface area contributed by atoms with Gasteiger partial charge in [-0.05, 0) is 32.8 Å². The summed E-state index contributed by atoms with van der Waals surface area (Å²) in [7, 11) is 0. The van der Waals surface area contributed by atoms with E-state index >= 15 is 0 Å². The molecule has 1 saturated carbocycles. The average molecular weight is 292 g/mol. The Hall–Kier alpha value is -1.20. The van der Waals surface area contributed by atoms with Crippen LogP contribution in [0.1, 0.15) is 32.3 Å². The Labute approximate surface area is 126 Å². The van der Waals surface area contributed by atoms with Crippen LogP contribution in [0.25, 0.3) is 0 Å². The molecule has 0 radical (unpaired) electrons. The van der Waals surface area contributed by atoms with Crippen LogP contribution in [0, 0.1) is 5.82 Å². The summed E-state index contributed by atoms with van der Waals surface area (Å²) in [6, 6.07) is 2.84. The number of piperazine rings is 1. The second-order valence-electron chi connectivity index (χ2n) is 6.41. The van der Waals surface area contributed by atoms with Gasteiger partial charge in [-0.3, -0.25) is 4.90 Å². The van der Waals surface area contributed by atoms with Gasteiger partial charge in [-0.2, -0.15) is 0 Å². The minimum Gasteiger partial charge on any atom is -0.354 e. The van der Waals surface area contributed by atoms with Crippen molar-refractivity contribution in [2.75, 3.05) is 31.1 Å². The second-order valence-corrected chi connectivity index (χ2v) is 6.41. The molecule has 116 valence electrons. The zero-order valence-corrected chi connectivity index (χ0v) is 13.0. The summed E-state index contributed by atoms with van der Waals surface area (Å²) in [5.41, 5.74) is 0.986. The van der Waals surface area contributed by atoms with Crippen LogP contribution in [-0.4, -0.2) is 48.1 Å². The number of anilines is 1. The molecule has 21 heavy (non-hydrogen) atoms. The molecule has 0 aromatic carbocycles. The van der Waals surface area contributed by atoms with Crippen molar-refractivity contribution >= 4 is 5.82 Å². The number of hydrogen-bond donors (Lipinski definition) is 1. The Morgan fingerprint density at radius 2 is 2.00 bits per heavy atom. The van der Waals surface area contributed by atoms with E-state index in [4.69, 9.17) is 0 Å². The van der Waals surface area contributed by atoms with Gasteiger partial charge in [0.05, 0.1) is 6.20 Å². The first-order chi connectivity index (χ1) is 10.1. The SMILES string of the molecule is CC(C)N1CCN(c2ncc(F)cc2CNC2CC2)CC1. The summed E-state index contributed by atoms with van der Waals surface area (Å²) < 4.78 is 13.5. The molecule has 0 atom stereocenters. The summed E-state index contributed by atoms with van der Waals surface area (Å²) in [6.45, 7) is 9.21. The first-order valence-corrected chi connectivity index (χ1v) is 8.00. The largest absolute Gasteiger partial charge is 0.354 e. The molecule has 1 aromatic rings. The van der Waals surface area contributed by atoms with E-state index in [2.05, 4.69) is 33.9 Å². The molecule has 1 aliphatic heterocycles. The third-order valence-electron chi connectivity index (χ3n) is 4.41.